The summed E-state index contributed by atoms with van der Waals surface area (Å²) in [5.74, 6) is 0.0913. The van der Waals surface area contributed by atoms with Crippen molar-refractivity contribution in [2.24, 2.45) is 0 Å². The van der Waals surface area contributed by atoms with Crippen molar-refractivity contribution in [3.8, 4) is 11.4 Å². The van der Waals surface area contributed by atoms with Crippen LogP contribution < -0.4 is 5.32 Å². The van der Waals surface area contributed by atoms with Gasteiger partial charge in [-0.05, 0) is 31.5 Å². The highest BCUT2D eigenvalue weighted by molar-refractivity contribution is 5.91. The third-order valence-corrected chi connectivity index (χ3v) is 3.74. The van der Waals surface area contributed by atoms with Crippen LogP contribution in [0.4, 0.5) is 10.1 Å². The van der Waals surface area contributed by atoms with E-state index in [1.807, 2.05) is 38.1 Å². The number of amides is 1. The summed E-state index contributed by atoms with van der Waals surface area (Å²) in [6, 6.07) is 12.3. The van der Waals surface area contributed by atoms with Crippen LogP contribution in [0.5, 0.6) is 0 Å². The number of anilines is 1. The van der Waals surface area contributed by atoms with Gasteiger partial charge in [-0.15, -0.1) is 0 Å². The minimum Gasteiger partial charge on any atom is -0.339 e. The normalized spacial score (nSPS) is 10.7. The second kappa shape index (κ2) is 7.25. The highest BCUT2D eigenvalue weighted by Gasteiger charge is 2.12. The molecule has 0 unspecified atom stereocenters. The van der Waals surface area contributed by atoms with Crippen molar-refractivity contribution in [1.29, 1.82) is 0 Å². The Balaban J connectivity index is 1.59. The van der Waals surface area contributed by atoms with Crippen molar-refractivity contribution in [2.75, 3.05) is 5.32 Å². The van der Waals surface area contributed by atoms with Crippen LogP contribution in [0.15, 0.2) is 47.0 Å². The van der Waals surface area contributed by atoms with Crippen molar-refractivity contribution in [3.63, 3.8) is 0 Å². The highest BCUT2D eigenvalue weighted by atomic mass is 19.1. The fraction of sp³-hybridized carbons (Fsp3) is 0.211. The maximum atomic E-state index is 13.7. The Kier molecular flexibility index (Phi) is 4.88. The van der Waals surface area contributed by atoms with E-state index in [1.54, 1.807) is 12.1 Å². The first kappa shape index (κ1) is 16.8. The summed E-state index contributed by atoms with van der Waals surface area (Å²) < 4.78 is 18.8. The Morgan fingerprint density at radius 3 is 2.60 bits per heavy atom. The standard InChI is InChI=1S/C19H18FN3O2/c1-12-3-6-14(7-4-12)19-22-18(25-23-19)10-9-17(24)21-16-11-13(2)5-8-15(16)20/h3-8,11H,9-10H2,1-2H3,(H,21,24). The SMILES string of the molecule is Cc1ccc(-c2noc(CCC(=O)Nc3cc(C)ccc3F)n2)cc1. The zero-order chi connectivity index (χ0) is 17.8. The number of rotatable bonds is 5. The van der Waals surface area contributed by atoms with E-state index in [9.17, 15) is 9.18 Å². The fourth-order valence-corrected chi connectivity index (χ4v) is 2.34. The molecule has 1 amide bonds. The molecule has 0 radical (unpaired) electrons. The summed E-state index contributed by atoms with van der Waals surface area (Å²) in [6.45, 7) is 3.83. The number of aromatic nitrogens is 2. The predicted molar refractivity (Wildman–Crippen MR) is 92.6 cm³/mol. The molecule has 5 nitrogen and oxygen atoms in total. The third kappa shape index (κ3) is 4.29. The first-order valence-corrected chi connectivity index (χ1v) is 7.97. The van der Waals surface area contributed by atoms with Gasteiger partial charge in [0.25, 0.3) is 0 Å². The smallest absolute Gasteiger partial charge is 0.227 e. The molecule has 0 aliphatic rings. The van der Waals surface area contributed by atoms with Crippen molar-refractivity contribution in [2.45, 2.75) is 26.7 Å². The summed E-state index contributed by atoms with van der Waals surface area (Å²) in [6.07, 6.45) is 0.418. The quantitative estimate of drug-likeness (QED) is 0.761. The van der Waals surface area contributed by atoms with E-state index in [2.05, 4.69) is 15.5 Å². The van der Waals surface area contributed by atoms with Gasteiger partial charge in [-0.3, -0.25) is 4.79 Å². The summed E-state index contributed by atoms with van der Waals surface area (Å²) in [5, 5.41) is 6.49. The fourth-order valence-electron chi connectivity index (χ4n) is 2.34. The number of benzene rings is 2. The van der Waals surface area contributed by atoms with E-state index in [-0.39, 0.29) is 24.4 Å². The first-order valence-electron chi connectivity index (χ1n) is 7.97. The average Bonchev–Trinajstić information content (AvgIpc) is 3.06. The van der Waals surface area contributed by atoms with E-state index in [0.29, 0.717) is 11.7 Å². The van der Waals surface area contributed by atoms with Gasteiger partial charge in [-0.25, -0.2) is 4.39 Å². The van der Waals surface area contributed by atoms with Crippen molar-refractivity contribution >= 4 is 11.6 Å². The van der Waals surface area contributed by atoms with Crippen LogP contribution in [0, 0.1) is 19.7 Å². The van der Waals surface area contributed by atoms with Gasteiger partial charge in [0.05, 0.1) is 5.69 Å². The molecule has 3 aromatic rings. The lowest BCUT2D eigenvalue weighted by molar-refractivity contribution is -0.116. The summed E-state index contributed by atoms with van der Waals surface area (Å²) in [5.41, 5.74) is 3.05. The van der Waals surface area contributed by atoms with E-state index >= 15 is 0 Å². The lowest BCUT2D eigenvalue weighted by Gasteiger charge is -2.06. The van der Waals surface area contributed by atoms with Crippen LogP contribution in [-0.4, -0.2) is 16.0 Å². The van der Waals surface area contributed by atoms with Gasteiger partial charge in [0.15, 0.2) is 0 Å². The number of aryl methyl sites for hydroxylation is 3. The van der Waals surface area contributed by atoms with Crippen molar-refractivity contribution in [1.82, 2.24) is 10.1 Å². The molecule has 1 N–H and O–H groups in total. The summed E-state index contributed by atoms with van der Waals surface area (Å²) >= 11 is 0. The molecule has 0 saturated heterocycles. The van der Waals surface area contributed by atoms with Gasteiger partial charge in [-0.2, -0.15) is 4.98 Å². The number of nitrogens with one attached hydrogen (secondary N) is 1. The Morgan fingerprint density at radius 2 is 1.84 bits per heavy atom. The van der Waals surface area contributed by atoms with Gasteiger partial charge in [0.1, 0.15) is 5.82 Å². The molecule has 0 fully saturated rings. The largest absolute Gasteiger partial charge is 0.339 e. The zero-order valence-electron chi connectivity index (χ0n) is 14.0. The molecule has 1 heterocycles. The molecule has 25 heavy (non-hydrogen) atoms. The van der Waals surface area contributed by atoms with E-state index in [4.69, 9.17) is 4.52 Å². The minimum absolute atomic E-state index is 0.128. The van der Waals surface area contributed by atoms with Gasteiger partial charge < -0.3 is 9.84 Å². The third-order valence-electron chi connectivity index (χ3n) is 3.74. The number of hydrogen-bond donors (Lipinski definition) is 1. The van der Waals surface area contributed by atoms with Crippen LogP contribution in [-0.2, 0) is 11.2 Å². The first-order chi connectivity index (χ1) is 12.0. The monoisotopic (exact) mass is 339 g/mol. The topological polar surface area (TPSA) is 68.0 Å². The lowest BCUT2D eigenvalue weighted by Crippen LogP contribution is -2.13. The van der Waals surface area contributed by atoms with Crippen LogP contribution >= 0.6 is 0 Å². The maximum Gasteiger partial charge on any atom is 0.227 e. The highest BCUT2D eigenvalue weighted by Crippen LogP contribution is 2.18. The molecule has 1 aromatic heterocycles. The number of nitrogens with zero attached hydrogens (tertiary/aromatic N) is 2. The predicted octanol–water partition coefficient (Wildman–Crippen LogP) is 4.06. The van der Waals surface area contributed by atoms with Crippen molar-refractivity contribution < 1.29 is 13.7 Å². The van der Waals surface area contributed by atoms with Crippen LogP contribution in [0.1, 0.15) is 23.4 Å². The number of carbonyl (C=O) groups excluding carboxylic acids is 1. The van der Waals surface area contributed by atoms with Gasteiger partial charge in [0, 0.05) is 18.4 Å². The Hall–Kier alpha value is -3.02. The van der Waals surface area contributed by atoms with Gasteiger partial charge >= 0.3 is 0 Å². The average molecular weight is 339 g/mol. The summed E-state index contributed by atoms with van der Waals surface area (Å²) in [4.78, 5) is 16.3. The molecular weight excluding hydrogens is 321 g/mol. The molecular formula is C19H18FN3O2. The Morgan fingerprint density at radius 1 is 1.12 bits per heavy atom. The van der Waals surface area contributed by atoms with Crippen LogP contribution in [0.3, 0.4) is 0 Å². The molecule has 2 aromatic carbocycles. The molecule has 0 saturated carbocycles. The number of halogens is 1. The van der Waals surface area contributed by atoms with Gasteiger partial charge in [0.2, 0.25) is 17.6 Å². The second-order valence-electron chi connectivity index (χ2n) is 5.91. The number of hydrogen-bond acceptors (Lipinski definition) is 4. The Bertz CT molecular complexity index is 888. The zero-order valence-corrected chi connectivity index (χ0v) is 14.0. The number of carbonyl (C=O) groups is 1. The van der Waals surface area contributed by atoms with E-state index in [1.165, 1.54) is 6.07 Å². The van der Waals surface area contributed by atoms with E-state index < -0.39 is 5.82 Å². The lowest BCUT2D eigenvalue weighted by atomic mass is 10.1. The van der Waals surface area contributed by atoms with Crippen molar-refractivity contribution in [3.05, 3.63) is 65.3 Å². The molecule has 0 bridgehead atoms. The Labute approximate surface area is 144 Å². The minimum atomic E-state index is -0.460. The molecule has 3 rings (SSSR count). The van der Waals surface area contributed by atoms with E-state index in [0.717, 1.165) is 16.7 Å². The second-order valence-corrected chi connectivity index (χ2v) is 5.91. The summed E-state index contributed by atoms with van der Waals surface area (Å²) in [7, 11) is 0. The molecule has 6 heteroatoms. The maximum absolute atomic E-state index is 13.7. The molecule has 128 valence electrons. The molecule has 0 spiro atoms. The van der Waals surface area contributed by atoms with Crippen LogP contribution in [0.2, 0.25) is 0 Å². The van der Waals surface area contributed by atoms with Gasteiger partial charge in [-0.1, -0.05) is 41.1 Å². The molecule has 0 aliphatic carbocycles. The van der Waals surface area contributed by atoms with Crippen LogP contribution in [0.25, 0.3) is 11.4 Å². The molecule has 0 aliphatic heterocycles. The molecule has 0 atom stereocenters.